The van der Waals surface area contributed by atoms with Crippen LogP contribution in [0.15, 0.2) is 12.7 Å². The number of carbonyl (C=O) groups is 2. The van der Waals surface area contributed by atoms with Crippen LogP contribution >= 0.6 is 0 Å². The van der Waals surface area contributed by atoms with Crippen LogP contribution in [-0.4, -0.2) is 29.5 Å². The van der Waals surface area contributed by atoms with Gasteiger partial charge in [-0.15, -0.1) is 6.58 Å². The van der Waals surface area contributed by atoms with Crippen LogP contribution in [0.3, 0.4) is 0 Å². The molecule has 20 heavy (non-hydrogen) atoms. The molecule has 0 radical (unpaired) electrons. The van der Waals surface area contributed by atoms with Crippen molar-refractivity contribution in [3.8, 4) is 0 Å². The molecule has 0 aromatic carbocycles. The second kappa shape index (κ2) is 8.08. The van der Waals surface area contributed by atoms with E-state index >= 15 is 0 Å². The van der Waals surface area contributed by atoms with Crippen LogP contribution in [0, 0.1) is 11.8 Å². The lowest BCUT2D eigenvalue weighted by atomic mass is 9.94. The molecular weight excluding hydrogens is 254 g/mol. The largest absolute Gasteiger partial charge is 0.447 e. The van der Waals surface area contributed by atoms with Crippen LogP contribution in [0.1, 0.15) is 52.9 Å². The van der Waals surface area contributed by atoms with Crippen LogP contribution in [0.25, 0.3) is 0 Å². The first-order valence-electron chi connectivity index (χ1n) is 7.63. The smallest absolute Gasteiger partial charge is 0.416 e. The van der Waals surface area contributed by atoms with Crippen molar-refractivity contribution in [3.05, 3.63) is 12.7 Å². The molecule has 1 aliphatic heterocycles. The summed E-state index contributed by atoms with van der Waals surface area (Å²) in [4.78, 5) is 25.8. The Morgan fingerprint density at radius 3 is 2.75 bits per heavy atom. The van der Waals surface area contributed by atoms with E-state index in [4.69, 9.17) is 4.74 Å². The van der Waals surface area contributed by atoms with Gasteiger partial charge in [0, 0.05) is 5.92 Å². The third kappa shape index (κ3) is 4.09. The van der Waals surface area contributed by atoms with E-state index in [9.17, 15) is 9.59 Å². The van der Waals surface area contributed by atoms with Gasteiger partial charge in [-0.05, 0) is 18.8 Å². The fourth-order valence-corrected chi connectivity index (χ4v) is 2.56. The number of ether oxygens (including phenoxy) is 1. The number of rotatable bonds is 8. The van der Waals surface area contributed by atoms with Gasteiger partial charge in [-0.3, -0.25) is 4.79 Å². The van der Waals surface area contributed by atoms with Gasteiger partial charge in [-0.2, -0.15) is 0 Å². The third-order valence-electron chi connectivity index (χ3n) is 3.87. The Morgan fingerprint density at radius 1 is 1.50 bits per heavy atom. The lowest BCUT2D eigenvalue weighted by molar-refractivity contribution is -0.134. The standard InChI is InChI=1S/C16H27NO3/c1-5-7-8-10-13(9-6-2)15(18)17-14(12(3)4)11-20-16(17)19/h6,12-14H,2,5,7-11H2,1,3-4H3/t13-,14-/m1/s1. The minimum absolute atomic E-state index is 0.0952. The molecule has 1 fully saturated rings. The van der Waals surface area contributed by atoms with Gasteiger partial charge < -0.3 is 4.74 Å². The summed E-state index contributed by atoms with van der Waals surface area (Å²) in [5, 5.41) is 0. The summed E-state index contributed by atoms with van der Waals surface area (Å²) in [5.41, 5.74) is 0. The number of imide groups is 1. The second-order valence-corrected chi connectivity index (χ2v) is 5.81. The van der Waals surface area contributed by atoms with Crippen molar-refractivity contribution >= 4 is 12.0 Å². The molecule has 4 heteroatoms. The zero-order chi connectivity index (χ0) is 15.1. The third-order valence-corrected chi connectivity index (χ3v) is 3.87. The summed E-state index contributed by atoms with van der Waals surface area (Å²) in [7, 11) is 0. The molecule has 2 amide bonds. The minimum atomic E-state index is -0.488. The average Bonchev–Trinajstić information content (AvgIpc) is 2.79. The Bertz CT molecular complexity index is 352. The predicted octanol–water partition coefficient (Wildman–Crippen LogP) is 3.76. The maximum absolute atomic E-state index is 12.6. The zero-order valence-corrected chi connectivity index (χ0v) is 12.9. The molecule has 1 aliphatic rings. The number of amides is 2. The Kier molecular flexibility index (Phi) is 6.76. The van der Waals surface area contributed by atoms with Crippen LogP contribution in [0.4, 0.5) is 4.79 Å². The molecule has 0 spiro atoms. The van der Waals surface area contributed by atoms with E-state index in [0.717, 1.165) is 25.7 Å². The van der Waals surface area contributed by atoms with Gasteiger partial charge in [0.2, 0.25) is 5.91 Å². The van der Waals surface area contributed by atoms with Crippen molar-refractivity contribution in [2.75, 3.05) is 6.61 Å². The number of nitrogens with zero attached hydrogens (tertiary/aromatic N) is 1. The molecule has 0 bridgehead atoms. The maximum atomic E-state index is 12.6. The molecule has 4 nitrogen and oxygen atoms in total. The molecule has 1 rings (SSSR count). The molecule has 0 aliphatic carbocycles. The number of hydrogen-bond donors (Lipinski definition) is 0. The fourth-order valence-electron chi connectivity index (χ4n) is 2.56. The zero-order valence-electron chi connectivity index (χ0n) is 12.9. The SMILES string of the molecule is C=CC[C@H](CCCCC)C(=O)N1C(=O)OC[C@@H]1C(C)C. The van der Waals surface area contributed by atoms with Crippen molar-refractivity contribution in [1.29, 1.82) is 0 Å². The van der Waals surface area contributed by atoms with E-state index in [0.29, 0.717) is 13.0 Å². The highest BCUT2D eigenvalue weighted by atomic mass is 16.6. The fraction of sp³-hybridized carbons (Fsp3) is 0.750. The van der Waals surface area contributed by atoms with Gasteiger partial charge in [0.25, 0.3) is 0 Å². The topological polar surface area (TPSA) is 46.6 Å². The van der Waals surface area contributed by atoms with Crippen molar-refractivity contribution in [1.82, 2.24) is 4.90 Å². The molecule has 0 saturated carbocycles. The lowest BCUT2D eigenvalue weighted by Gasteiger charge is -2.26. The molecule has 0 aromatic heterocycles. The molecule has 0 aromatic rings. The number of hydrogen-bond acceptors (Lipinski definition) is 3. The summed E-state index contributed by atoms with van der Waals surface area (Å²) in [6.07, 6.45) is 5.95. The minimum Gasteiger partial charge on any atom is -0.447 e. The van der Waals surface area contributed by atoms with E-state index < -0.39 is 6.09 Å². The quantitative estimate of drug-likeness (QED) is 0.502. The Balaban J connectivity index is 2.75. The predicted molar refractivity (Wildman–Crippen MR) is 79.3 cm³/mol. The lowest BCUT2D eigenvalue weighted by Crippen LogP contribution is -2.44. The summed E-state index contributed by atoms with van der Waals surface area (Å²) in [6, 6.07) is -0.131. The Hall–Kier alpha value is -1.32. The van der Waals surface area contributed by atoms with Crippen LogP contribution in [-0.2, 0) is 9.53 Å². The average molecular weight is 281 g/mol. The summed E-state index contributed by atoms with van der Waals surface area (Å²) in [5.74, 6) is -0.0291. The maximum Gasteiger partial charge on any atom is 0.416 e. The van der Waals surface area contributed by atoms with Gasteiger partial charge in [0.05, 0.1) is 6.04 Å². The second-order valence-electron chi connectivity index (χ2n) is 5.81. The first-order valence-corrected chi connectivity index (χ1v) is 7.63. The van der Waals surface area contributed by atoms with Crippen LogP contribution in [0.2, 0.25) is 0 Å². The molecule has 114 valence electrons. The monoisotopic (exact) mass is 281 g/mol. The van der Waals surface area contributed by atoms with Crippen molar-refractivity contribution in [3.63, 3.8) is 0 Å². The van der Waals surface area contributed by atoms with E-state index in [2.05, 4.69) is 13.5 Å². The Labute approximate surface area is 122 Å². The highest BCUT2D eigenvalue weighted by molar-refractivity contribution is 5.94. The number of cyclic esters (lactones) is 1. The van der Waals surface area contributed by atoms with Gasteiger partial charge >= 0.3 is 6.09 Å². The first kappa shape index (κ1) is 16.7. The van der Waals surface area contributed by atoms with Crippen molar-refractivity contribution < 1.29 is 14.3 Å². The number of carbonyl (C=O) groups excluding carboxylic acids is 2. The van der Waals surface area contributed by atoms with Crippen LogP contribution < -0.4 is 0 Å². The molecule has 2 atom stereocenters. The van der Waals surface area contributed by atoms with Crippen LogP contribution in [0.5, 0.6) is 0 Å². The molecule has 0 N–H and O–H groups in total. The van der Waals surface area contributed by atoms with E-state index in [-0.39, 0.29) is 23.8 Å². The number of allylic oxidation sites excluding steroid dienone is 1. The summed E-state index contributed by atoms with van der Waals surface area (Å²) < 4.78 is 5.05. The van der Waals surface area contributed by atoms with E-state index in [1.165, 1.54) is 4.90 Å². The van der Waals surface area contributed by atoms with Gasteiger partial charge in [-0.1, -0.05) is 46.1 Å². The highest BCUT2D eigenvalue weighted by Crippen LogP contribution is 2.25. The molecule has 0 unspecified atom stereocenters. The molecular formula is C16H27NO3. The normalized spacial score (nSPS) is 20.1. The van der Waals surface area contributed by atoms with Gasteiger partial charge in [0.15, 0.2) is 0 Å². The van der Waals surface area contributed by atoms with E-state index in [1.54, 1.807) is 6.08 Å². The molecule has 1 saturated heterocycles. The van der Waals surface area contributed by atoms with Crippen molar-refractivity contribution in [2.24, 2.45) is 11.8 Å². The summed E-state index contributed by atoms with van der Waals surface area (Å²) in [6.45, 7) is 10.2. The number of unbranched alkanes of at least 4 members (excludes halogenated alkanes) is 2. The van der Waals surface area contributed by atoms with E-state index in [1.807, 2.05) is 13.8 Å². The van der Waals surface area contributed by atoms with Gasteiger partial charge in [-0.25, -0.2) is 9.69 Å². The Morgan fingerprint density at radius 2 is 2.20 bits per heavy atom. The summed E-state index contributed by atoms with van der Waals surface area (Å²) >= 11 is 0. The highest BCUT2D eigenvalue weighted by Gasteiger charge is 2.41. The van der Waals surface area contributed by atoms with Gasteiger partial charge in [0.1, 0.15) is 6.61 Å². The first-order chi connectivity index (χ1) is 9.52. The molecule has 1 heterocycles. The van der Waals surface area contributed by atoms with Crippen molar-refractivity contribution in [2.45, 2.75) is 58.9 Å².